The molecule has 0 aliphatic rings. The Labute approximate surface area is 98.7 Å². The van der Waals surface area contributed by atoms with E-state index in [0.29, 0.717) is 10.8 Å². The quantitative estimate of drug-likeness (QED) is 0.668. The Morgan fingerprint density at radius 1 is 0.800 bits per heavy atom. The summed E-state index contributed by atoms with van der Waals surface area (Å²) < 4.78 is 0. The predicted molar refractivity (Wildman–Crippen MR) is 70.6 cm³/mol. The van der Waals surface area contributed by atoms with Crippen molar-refractivity contribution in [3.63, 3.8) is 0 Å². The summed E-state index contributed by atoms with van der Waals surface area (Å²) in [5.74, 6) is 0. The van der Waals surface area contributed by atoms with Crippen LogP contribution in [-0.2, 0) is 12.8 Å². The first kappa shape index (κ1) is 12.8. The lowest BCUT2D eigenvalue weighted by atomic mass is 9.91. The summed E-state index contributed by atoms with van der Waals surface area (Å²) in [7, 11) is 0. The highest BCUT2D eigenvalue weighted by molar-refractivity contribution is 7.12. The van der Waals surface area contributed by atoms with Crippen molar-refractivity contribution in [1.29, 1.82) is 0 Å². The van der Waals surface area contributed by atoms with Crippen LogP contribution in [-0.4, -0.2) is 0 Å². The Morgan fingerprint density at radius 2 is 1.13 bits per heavy atom. The molecule has 0 nitrogen and oxygen atoms in total. The minimum absolute atomic E-state index is 0.407. The fourth-order valence-electron chi connectivity index (χ4n) is 1.66. The molecule has 0 spiro atoms. The maximum atomic E-state index is 2.30. The molecule has 1 heteroatoms. The van der Waals surface area contributed by atoms with Crippen LogP contribution in [0.5, 0.6) is 0 Å². The number of hydrogen-bond donors (Lipinski definition) is 0. The van der Waals surface area contributed by atoms with Crippen molar-refractivity contribution < 1.29 is 0 Å². The van der Waals surface area contributed by atoms with Crippen molar-refractivity contribution in [1.82, 2.24) is 0 Å². The van der Waals surface area contributed by atoms with Gasteiger partial charge in [-0.1, -0.05) is 41.5 Å². The van der Waals surface area contributed by atoms with Gasteiger partial charge in [0.1, 0.15) is 0 Å². The molecule has 0 atom stereocenters. The normalized spacial score (nSPS) is 13.2. The first-order valence-electron chi connectivity index (χ1n) is 5.73. The molecule has 0 aromatic carbocycles. The molecule has 0 fully saturated rings. The summed E-state index contributed by atoms with van der Waals surface area (Å²) >= 11 is 1.99. The first-order valence-corrected chi connectivity index (χ1v) is 6.55. The van der Waals surface area contributed by atoms with Gasteiger partial charge in [-0.2, -0.15) is 0 Å². The van der Waals surface area contributed by atoms with E-state index < -0.39 is 0 Å². The van der Waals surface area contributed by atoms with Crippen LogP contribution in [0, 0.1) is 10.8 Å². The molecule has 1 aromatic heterocycles. The van der Waals surface area contributed by atoms with E-state index in [1.165, 1.54) is 22.6 Å². The zero-order valence-corrected chi connectivity index (χ0v) is 11.8. The van der Waals surface area contributed by atoms with E-state index in [1.807, 2.05) is 11.3 Å². The van der Waals surface area contributed by atoms with Gasteiger partial charge in [-0.15, -0.1) is 11.3 Å². The smallest absolute Gasteiger partial charge is 0.00533 e. The van der Waals surface area contributed by atoms with Crippen molar-refractivity contribution in [3.05, 3.63) is 21.9 Å². The van der Waals surface area contributed by atoms with Crippen molar-refractivity contribution in [2.45, 2.75) is 54.4 Å². The summed E-state index contributed by atoms with van der Waals surface area (Å²) in [5.41, 5.74) is 0.813. The van der Waals surface area contributed by atoms with Gasteiger partial charge in [0.15, 0.2) is 0 Å². The van der Waals surface area contributed by atoms with Crippen LogP contribution in [0.15, 0.2) is 12.1 Å². The highest BCUT2D eigenvalue weighted by atomic mass is 32.1. The maximum absolute atomic E-state index is 2.30. The Bertz CT molecular complexity index is 276. The lowest BCUT2D eigenvalue weighted by Crippen LogP contribution is -2.08. The molecule has 1 aromatic rings. The Morgan fingerprint density at radius 3 is 1.40 bits per heavy atom. The van der Waals surface area contributed by atoms with Gasteiger partial charge in [0.25, 0.3) is 0 Å². The molecular formula is C14H24S. The molecule has 0 unspecified atom stereocenters. The molecule has 0 bridgehead atoms. The summed E-state index contributed by atoms with van der Waals surface area (Å²) in [6.45, 7) is 13.8. The molecule has 0 aliphatic carbocycles. The summed E-state index contributed by atoms with van der Waals surface area (Å²) in [6.07, 6.45) is 2.39. The molecule has 15 heavy (non-hydrogen) atoms. The van der Waals surface area contributed by atoms with E-state index in [9.17, 15) is 0 Å². The highest BCUT2D eigenvalue weighted by Gasteiger charge is 2.15. The van der Waals surface area contributed by atoms with E-state index in [0.717, 1.165) is 0 Å². The average Bonchev–Trinajstić information content (AvgIpc) is 2.28. The van der Waals surface area contributed by atoms with Crippen molar-refractivity contribution in [3.8, 4) is 0 Å². The second-order valence-corrected chi connectivity index (χ2v) is 8.10. The van der Waals surface area contributed by atoms with Crippen LogP contribution in [0.2, 0.25) is 0 Å². The zero-order valence-electron chi connectivity index (χ0n) is 11.0. The molecule has 0 N–H and O–H groups in total. The summed E-state index contributed by atoms with van der Waals surface area (Å²) in [5, 5.41) is 0. The molecule has 0 saturated heterocycles. The fourth-order valence-corrected chi connectivity index (χ4v) is 3.28. The Kier molecular flexibility index (Phi) is 3.65. The first-order chi connectivity index (χ1) is 6.66. The molecular weight excluding hydrogens is 200 g/mol. The third kappa shape index (κ3) is 5.36. The third-order valence-corrected chi connectivity index (χ3v) is 3.21. The predicted octanol–water partition coefficient (Wildman–Crippen LogP) is 4.93. The third-order valence-electron chi connectivity index (χ3n) is 2.13. The topological polar surface area (TPSA) is 0 Å². The van der Waals surface area contributed by atoms with Gasteiger partial charge in [0.2, 0.25) is 0 Å². The molecule has 0 aliphatic heterocycles. The van der Waals surface area contributed by atoms with Crippen LogP contribution < -0.4 is 0 Å². The molecule has 0 amide bonds. The van der Waals surface area contributed by atoms with Crippen LogP contribution in [0.1, 0.15) is 51.3 Å². The van der Waals surface area contributed by atoms with Gasteiger partial charge in [0, 0.05) is 9.75 Å². The van der Waals surface area contributed by atoms with Gasteiger partial charge >= 0.3 is 0 Å². The van der Waals surface area contributed by atoms with E-state index in [-0.39, 0.29) is 0 Å². The van der Waals surface area contributed by atoms with Gasteiger partial charge in [-0.25, -0.2) is 0 Å². The number of hydrogen-bond acceptors (Lipinski definition) is 1. The van der Waals surface area contributed by atoms with Crippen molar-refractivity contribution in [2.24, 2.45) is 10.8 Å². The van der Waals surface area contributed by atoms with E-state index in [2.05, 4.69) is 53.7 Å². The zero-order chi connectivity index (χ0) is 11.7. The molecule has 1 rings (SSSR count). The van der Waals surface area contributed by atoms with Crippen LogP contribution in [0.3, 0.4) is 0 Å². The Balaban J connectivity index is 2.65. The largest absolute Gasteiger partial charge is 0.145 e. The van der Waals surface area contributed by atoms with E-state index in [1.54, 1.807) is 0 Å². The van der Waals surface area contributed by atoms with Crippen LogP contribution in [0.4, 0.5) is 0 Å². The maximum Gasteiger partial charge on any atom is 0.00533 e. The molecule has 1 heterocycles. The monoisotopic (exact) mass is 224 g/mol. The Hall–Kier alpha value is -0.300. The van der Waals surface area contributed by atoms with E-state index in [4.69, 9.17) is 0 Å². The second kappa shape index (κ2) is 4.29. The van der Waals surface area contributed by atoms with E-state index >= 15 is 0 Å². The van der Waals surface area contributed by atoms with Crippen molar-refractivity contribution in [2.75, 3.05) is 0 Å². The summed E-state index contributed by atoms with van der Waals surface area (Å²) in [6, 6.07) is 4.61. The lowest BCUT2D eigenvalue weighted by molar-refractivity contribution is 0.414. The fraction of sp³-hybridized carbons (Fsp3) is 0.714. The van der Waals surface area contributed by atoms with Crippen LogP contribution >= 0.6 is 11.3 Å². The van der Waals surface area contributed by atoms with Gasteiger partial charge in [-0.3, -0.25) is 0 Å². The van der Waals surface area contributed by atoms with Crippen molar-refractivity contribution >= 4 is 11.3 Å². The van der Waals surface area contributed by atoms with Gasteiger partial charge in [0.05, 0.1) is 0 Å². The SMILES string of the molecule is CC(C)(C)Cc1ccc(CC(C)(C)C)s1. The minimum Gasteiger partial charge on any atom is -0.145 e. The highest BCUT2D eigenvalue weighted by Crippen LogP contribution is 2.29. The van der Waals surface area contributed by atoms with Gasteiger partial charge in [-0.05, 0) is 35.8 Å². The number of rotatable bonds is 2. The molecule has 0 radical (unpaired) electrons. The van der Waals surface area contributed by atoms with Gasteiger partial charge < -0.3 is 0 Å². The summed E-state index contributed by atoms with van der Waals surface area (Å²) in [4.78, 5) is 3.06. The minimum atomic E-state index is 0.407. The average molecular weight is 224 g/mol. The number of thiophene rings is 1. The second-order valence-electron chi connectivity index (χ2n) is 6.84. The molecule has 0 saturated carbocycles. The standard InChI is InChI=1S/C14H24S/c1-13(2,3)9-11-7-8-12(15-11)10-14(4,5)6/h7-8H,9-10H2,1-6H3. The lowest BCUT2D eigenvalue weighted by Gasteiger charge is -2.17. The molecule has 86 valence electrons. The van der Waals surface area contributed by atoms with Crippen LogP contribution in [0.25, 0.3) is 0 Å².